The van der Waals surface area contributed by atoms with Crippen molar-refractivity contribution in [2.24, 2.45) is 0 Å². The Balaban J connectivity index is 2.27. The Hall–Kier alpha value is -1.43. The number of hydrogen-bond donors (Lipinski definition) is 1. The van der Waals surface area contributed by atoms with E-state index in [0.717, 1.165) is 6.42 Å². The van der Waals surface area contributed by atoms with Gasteiger partial charge in [-0.05, 0) is 13.3 Å². The van der Waals surface area contributed by atoms with E-state index in [-0.39, 0.29) is 11.9 Å². The van der Waals surface area contributed by atoms with E-state index in [1.807, 2.05) is 6.92 Å². The lowest BCUT2D eigenvalue weighted by atomic mass is 10.1. The van der Waals surface area contributed by atoms with Crippen molar-refractivity contribution >= 4 is 5.97 Å². The van der Waals surface area contributed by atoms with Gasteiger partial charge in [-0.2, -0.15) is 0 Å². The Kier molecular flexibility index (Phi) is 2.91. The average Bonchev–Trinajstić information content (AvgIpc) is 2.80. The van der Waals surface area contributed by atoms with Gasteiger partial charge in [0.05, 0.1) is 12.6 Å². The lowest BCUT2D eigenvalue weighted by Crippen LogP contribution is -2.10. The number of ether oxygens (including phenoxy) is 1. The van der Waals surface area contributed by atoms with Crippen LogP contribution in [0.15, 0.2) is 0 Å². The molecule has 16 heavy (non-hydrogen) atoms. The second kappa shape index (κ2) is 4.21. The maximum Gasteiger partial charge on any atom is 0.378 e. The molecular formula is C10H15N3O3. The van der Waals surface area contributed by atoms with Gasteiger partial charge in [0.15, 0.2) is 5.82 Å². The van der Waals surface area contributed by atoms with Crippen LogP contribution in [0, 0.1) is 0 Å². The normalized spacial score (nSPS) is 23.2. The Morgan fingerprint density at radius 3 is 3.00 bits per heavy atom. The molecule has 0 radical (unpaired) electrons. The molecule has 0 amide bonds. The van der Waals surface area contributed by atoms with Crippen LogP contribution in [0.3, 0.4) is 0 Å². The van der Waals surface area contributed by atoms with Gasteiger partial charge in [-0.3, -0.25) is 0 Å². The number of rotatable bonds is 3. The molecule has 0 saturated carbocycles. The van der Waals surface area contributed by atoms with E-state index in [9.17, 15) is 9.90 Å². The van der Waals surface area contributed by atoms with Crippen LogP contribution in [0.4, 0.5) is 0 Å². The highest BCUT2D eigenvalue weighted by Gasteiger charge is 2.33. The summed E-state index contributed by atoms with van der Waals surface area (Å²) >= 11 is 0. The van der Waals surface area contributed by atoms with E-state index >= 15 is 0 Å². The summed E-state index contributed by atoms with van der Waals surface area (Å²) in [6.07, 6.45) is 0.852. The largest absolute Gasteiger partial charge is 0.460 e. The van der Waals surface area contributed by atoms with Crippen LogP contribution in [-0.2, 0) is 4.74 Å². The van der Waals surface area contributed by atoms with Crippen molar-refractivity contribution in [3.63, 3.8) is 0 Å². The van der Waals surface area contributed by atoms with E-state index in [1.54, 1.807) is 11.6 Å². The monoisotopic (exact) mass is 225 g/mol. The molecule has 1 aromatic heterocycles. The summed E-state index contributed by atoms with van der Waals surface area (Å²) in [6, 6.07) is 0.126. The maximum atomic E-state index is 11.4. The van der Waals surface area contributed by atoms with Crippen molar-refractivity contribution in [2.75, 3.05) is 6.61 Å². The number of aromatic nitrogens is 3. The predicted octanol–water partition coefficient (Wildman–Crippen LogP) is 0.843. The molecule has 0 unspecified atom stereocenters. The molecule has 1 N–H and O–H groups in total. The number of aliphatic hydroxyl groups excluding tert-OH is 1. The van der Waals surface area contributed by atoms with E-state index in [2.05, 4.69) is 10.1 Å². The number of fused-ring (bicyclic) bond motifs is 1. The van der Waals surface area contributed by atoms with Crippen molar-refractivity contribution in [2.45, 2.75) is 38.8 Å². The second-order valence-corrected chi connectivity index (χ2v) is 3.77. The van der Waals surface area contributed by atoms with Crippen LogP contribution in [0.25, 0.3) is 0 Å². The SMILES string of the molecule is CCOC(=O)c1nc2n(n1)[C@H](CC)C[C@H]2O. The minimum absolute atomic E-state index is 0.0362. The number of carbonyl (C=O) groups is 1. The first-order valence-electron chi connectivity index (χ1n) is 5.49. The Morgan fingerprint density at radius 2 is 2.38 bits per heavy atom. The first-order valence-corrected chi connectivity index (χ1v) is 5.49. The molecule has 0 aromatic carbocycles. The number of nitrogens with zero attached hydrogens (tertiary/aromatic N) is 3. The van der Waals surface area contributed by atoms with E-state index in [1.165, 1.54) is 0 Å². The zero-order valence-electron chi connectivity index (χ0n) is 9.38. The Bertz CT molecular complexity index is 402. The van der Waals surface area contributed by atoms with Crippen molar-refractivity contribution in [3.05, 3.63) is 11.6 Å². The molecule has 0 aliphatic carbocycles. The molecule has 0 saturated heterocycles. The summed E-state index contributed by atoms with van der Waals surface area (Å²) in [4.78, 5) is 15.4. The summed E-state index contributed by atoms with van der Waals surface area (Å²) in [5.74, 6) is -0.0320. The number of esters is 1. The van der Waals surface area contributed by atoms with Crippen LogP contribution in [0.5, 0.6) is 0 Å². The maximum absolute atomic E-state index is 11.4. The standard InChI is InChI=1S/C10H15N3O3/c1-3-6-5-7(14)9-11-8(12-13(6)9)10(15)16-4-2/h6-7,14H,3-5H2,1-2H3/t6-,7-/m1/s1. The first-order chi connectivity index (χ1) is 7.67. The lowest BCUT2D eigenvalue weighted by molar-refractivity contribution is 0.0510. The first kappa shape index (κ1) is 11.1. The number of carbonyl (C=O) groups excluding carboxylic acids is 1. The zero-order valence-corrected chi connectivity index (χ0v) is 9.38. The van der Waals surface area contributed by atoms with Crippen LogP contribution in [-0.4, -0.2) is 32.4 Å². The van der Waals surface area contributed by atoms with Crippen molar-refractivity contribution in [1.29, 1.82) is 0 Å². The average molecular weight is 225 g/mol. The van der Waals surface area contributed by atoms with Gasteiger partial charge in [0.2, 0.25) is 0 Å². The summed E-state index contributed by atoms with van der Waals surface area (Å²) < 4.78 is 6.45. The molecule has 6 nitrogen and oxygen atoms in total. The van der Waals surface area contributed by atoms with Gasteiger partial charge in [-0.25, -0.2) is 14.5 Å². The van der Waals surface area contributed by atoms with Crippen molar-refractivity contribution in [3.8, 4) is 0 Å². The molecule has 1 aliphatic heterocycles. The Morgan fingerprint density at radius 1 is 1.62 bits per heavy atom. The van der Waals surface area contributed by atoms with Crippen LogP contribution < -0.4 is 0 Å². The fourth-order valence-electron chi connectivity index (χ4n) is 1.92. The van der Waals surface area contributed by atoms with Crippen molar-refractivity contribution < 1.29 is 14.6 Å². The van der Waals surface area contributed by atoms with Gasteiger partial charge < -0.3 is 9.84 Å². The summed E-state index contributed by atoms with van der Waals surface area (Å²) in [7, 11) is 0. The molecule has 0 fully saturated rings. The zero-order chi connectivity index (χ0) is 11.7. The van der Waals surface area contributed by atoms with Gasteiger partial charge in [-0.1, -0.05) is 6.92 Å². The quantitative estimate of drug-likeness (QED) is 0.771. The van der Waals surface area contributed by atoms with Gasteiger partial charge in [-0.15, -0.1) is 5.10 Å². The summed E-state index contributed by atoms with van der Waals surface area (Å²) in [5, 5.41) is 13.8. The highest BCUT2D eigenvalue weighted by molar-refractivity contribution is 5.85. The molecule has 0 bridgehead atoms. The fraction of sp³-hybridized carbons (Fsp3) is 0.700. The summed E-state index contributed by atoms with van der Waals surface area (Å²) in [6.45, 7) is 4.03. The number of aliphatic hydroxyl groups is 1. The minimum Gasteiger partial charge on any atom is -0.460 e. The molecule has 6 heteroatoms. The smallest absolute Gasteiger partial charge is 0.378 e. The van der Waals surface area contributed by atoms with Crippen molar-refractivity contribution in [1.82, 2.24) is 14.8 Å². The fourth-order valence-corrected chi connectivity index (χ4v) is 1.92. The van der Waals surface area contributed by atoms with E-state index < -0.39 is 12.1 Å². The molecule has 1 aliphatic rings. The van der Waals surface area contributed by atoms with Crippen LogP contribution in [0.2, 0.25) is 0 Å². The van der Waals surface area contributed by atoms with E-state index in [4.69, 9.17) is 4.74 Å². The topological polar surface area (TPSA) is 77.2 Å². The van der Waals surface area contributed by atoms with Crippen LogP contribution in [0.1, 0.15) is 55.3 Å². The number of hydrogen-bond acceptors (Lipinski definition) is 5. The van der Waals surface area contributed by atoms with Gasteiger partial charge in [0, 0.05) is 6.42 Å². The molecule has 1 aromatic rings. The second-order valence-electron chi connectivity index (χ2n) is 3.77. The van der Waals surface area contributed by atoms with Gasteiger partial charge in [0.1, 0.15) is 6.10 Å². The minimum atomic E-state index is -0.624. The highest BCUT2D eigenvalue weighted by Crippen LogP contribution is 2.34. The molecule has 2 heterocycles. The molecular weight excluding hydrogens is 210 g/mol. The third kappa shape index (κ3) is 1.69. The van der Waals surface area contributed by atoms with E-state index in [0.29, 0.717) is 18.9 Å². The van der Waals surface area contributed by atoms with Gasteiger partial charge >= 0.3 is 5.97 Å². The lowest BCUT2D eigenvalue weighted by Gasteiger charge is -2.06. The molecule has 2 atom stereocenters. The highest BCUT2D eigenvalue weighted by atomic mass is 16.5. The molecule has 88 valence electrons. The van der Waals surface area contributed by atoms with Gasteiger partial charge in [0.25, 0.3) is 5.82 Å². The van der Waals surface area contributed by atoms with Crippen LogP contribution >= 0.6 is 0 Å². The predicted molar refractivity (Wildman–Crippen MR) is 54.9 cm³/mol. The molecule has 2 rings (SSSR count). The molecule has 0 spiro atoms. The summed E-state index contributed by atoms with van der Waals surface area (Å²) in [5.41, 5.74) is 0. The third-order valence-electron chi connectivity index (χ3n) is 2.73. The Labute approximate surface area is 93.2 Å². The third-order valence-corrected chi connectivity index (χ3v) is 2.73.